The summed E-state index contributed by atoms with van der Waals surface area (Å²) in [7, 11) is 0. The zero-order valence-corrected chi connectivity index (χ0v) is 12.6. The van der Waals surface area contributed by atoms with Gasteiger partial charge in [0.15, 0.2) is 0 Å². The largest absolute Gasteiger partial charge is 0.314 e. The van der Waals surface area contributed by atoms with Crippen molar-refractivity contribution in [3.8, 4) is 0 Å². The number of piperidine rings is 1. The van der Waals surface area contributed by atoms with Crippen LogP contribution in [0.15, 0.2) is 12.3 Å². The van der Waals surface area contributed by atoms with Gasteiger partial charge in [0.05, 0.1) is 5.69 Å². The molecule has 1 aliphatic rings. The average molecular weight is 264 g/mol. The van der Waals surface area contributed by atoms with Crippen molar-refractivity contribution in [1.29, 1.82) is 0 Å². The highest BCUT2D eigenvalue weighted by Crippen LogP contribution is 2.14. The van der Waals surface area contributed by atoms with Crippen LogP contribution in [-0.2, 0) is 6.54 Å². The molecule has 1 aliphatic heterocycles. The maximum Gasteiger partial charge on any atom is 0.0764 e. The van der Waals surface area contributed by atoms with Gasteiger partial charge in [-0.15, -0.1) is 0 Å². The van der Waals surface area contributed by atoms with Crippen LogP contribution in [0.4, 0.5) is 0 Å². The van der Waals surface area contributed by atoms with E-state index in [4.69, 9.17) is 0 Å². The molecule has 4 nitrogen and oxygen atoms in total. The van der Waals surface area contributed by atoms with Crippen LogP contribution in [0.1, 0.15) is 51.8 Å². The maximum absolute atomic E-state index is 4.69. The van der Waals surface area contributed by atoms with Crippen LogP contribution in [0.3, 0.4) is 0 Å². The van der Waals surface area contributed by atoms with Crippen LogP contribution in [0.2, 0.25) is 0 Å². The Labute approximate surface area is 117 Å². The van der Waals surface area contributed by atoms with Gasteiger partial charge in [-0.1, -0.05) is 13.8 Å². The lowest BCUT2D eigenvalue weighted by atomic mass is 10.1. The van der Waals surface area contributed by atoms with E-state index in [1.807, 2.05) is 0 Å². The third-order valence-electron chi connectivity index (χ3n) is 4.17. The van der Waals surface area contributed by atoms with Gasteiger partial charge in [-0.05, 0) is 38.8 Å². The lowest BCUT2D eigenvalue weighted by Crippen LogP contribution is -2.42. The van der Waals surface area contributed by atoms with Crippen molar-refractivity contribution in [2.75, 3.05) is 19.6 Å². The molecule has 2 rings (SSSR count). The lowest BCUT2D eigenvalue weighted by Gasteiger charge is -2.31. The van der Waals surface area contributed by atoms with E-state index >= 15 is 0 Å². The van der Waals surface area contributed by atoms with Crippen molar-refractivity contribution in [2.45, 2.75) is 58.7 Å². The van der Waals surface area contributed by atoms with E-state index in [9.17, 15) is 0 Å². The predicted octanol–water partition coefficient (Wildman–Crippen LogP) is 2.43. The molecule has 1 unspecified atom stereocenters. The summed E-state index contributed by atoms with van der Waals surface area (Å²) >= 11 is 0. The molecule has 0 amide bonds. The summed E-state index contributed by atoms with van der Waals surface area (Å²) in [5, 5.41) is 8.24. The Morgan fingerprint density at radius 1 is 1.37 bits per heavy atom. The van der Waals surface area contributed by atoms with Crippen LogP contribution in [-0.4, -0.2) is 40.4 Å². The highest BCUT2D eigenvalue weighted by Gasteiger charge is 2.19. The van der Waals surface area contributed by atoms with Gasteiger partial charge >= 0.3 is 0 Å². The third kappa shape index (κ3) is 4.05. The Balaban J connectivity index is 1.80. The molecular weight excluding hydrogens is 236 g/mol. The fraction of sp³-hybridized carbons (Fsp3) is 0.800. The van der Waals surface area contributed by atoms with Crippen molar-refractivity contribution in [2.24, 2.45) is 0 Å². The molecule has 4 heteroatoms. The zero-order chi connectivity index (χ0) is 13.7. The Kier molecular flexibility index (Phi) is 5.40. The molecule has 1 N–H and O–H groups in total. The van der Waals surface area contributed by atoms with E-state index in [2.05, 4.69) is 53.0 Å². The molecule has 0 aliphatic carbocycles. The van der Waals surface area contributed by atoms with Gasteiger partial charge in [0.25, 0.3) is 0 Å². The van der Waals surface area contributed by atoms with E-state index in [0.717, 1.165) is 25.6 Å². The highest BCUT2D eigenvalue weighted by atomic mass is 15.3. The smallest absolute Gasteiger partial charge is 0.0764 e. The molecule has 0 radical (unpaired) electrons. The van der Waals surface area contributed by atoms with E-state index in [1.54, 1.807) is 0 Å². The number of hydrogen-bond acceptors (Lipinski definition) is 3. The van der Waals surface area contributed by atoms with E-state index < -0.39 is 0 Å². The summed E-state index contributed by atoms with van der Waals surface area (Å²) in [5.41, 5.74) is 1.21. The van der Waals surface area contributed by atoms with E-state index in [1.165, 1.54) is 31.6 Å². The first-order valence-electron chi connectivity index (χ1n) is 7.72. The van der Waals surface area contributed by atoms with Gasteiger partial charge in [0.1, 0.15) is 0 Å². The molecule has 19 heavy (non-hydrogen) atoms. The molecule has 0 spiro atoms. The Morgan fingerprint density at radius 3 is 2.74 bits per heavy atom. The highest BCUT2D eigenvalue weighted by molar-refractivity contribution is 5.00. The number of hydrogen-bond donors (Lipinski definition) is 1. The molecule has 0 aromatic carbocycles. The van der Waals surface area contributed by atoms with Crippen molar-refractivity contribution >= 4 is 0 Å². The van der Waals surface area contributed by atoms with Crippen LogP contribution in [0.5, 0.6) is 0 Å². The molecule has 108 valence electrons. The van der Waals surface area contributed by atoms with Gasteiger partial charge < -0.3 is 5.32 Å². The van der Waals surface area contributed by atoms with Crippen molar-refractivity contribution in [3.05, 3.63) is 18.0 Å². The number of nitrogens with zero attached hydrogens (tertiary/aromatic N) is 3. The number of nitrogens with one attached hydrogen (secondary N) is 1. The molecule has 0 saturated carbocycles. The Morgan fingerprint density at radius 2 is 2.11 bits per heavy atom. The van der Waals surface area contributed by atoms with Gasteiger partial charge in [-0.3, -0.25) is 9.58 Å². The van der Waals surface area contributed by atoms with E-state index in [-0.39, 0.29) is 0 Å². The average Bonchev–Trinajstić information content (AvgIpc) is 2.89. The van der Waals surface area contributed by atoms with Crippen molar-refractivity contribution in [3.63, 3.8) is 0 Å². The standard InChI is InChI=1S/C15H28N4/c1-4-13(3)19-11-8-15(17-19)12-18-9-6-14(7-10-18)16-5-2/h8,11,13-14,16H,4-7,9-10,12H2,1-3H3. The monoisotopic (exact) mass is 264 g/mol. The first-order valence-corrected chi connectivity index (χ1v) is 7.72. The Bertz CT molecular complexity index is 366. The SMILES string of the molecule is CCNC1CCN(Cc2ccn(C(C)CC)n2)CC1. The molecule has 1 atom stereocenters. The van der Waals surface area contributed by atoms with Gasteiger partial charge in [-0.2, -0.15) is 5.10 Å². The summed E-state index contributed by atoms with van der Waals surface area (Å²) in [6.45, 7) is 11.1. The summed E-state index contributed by atoms with van der Waals surface area (Å²) in [5.74, 6) is 0. The molecule has 1 aromatic rings. The van der Waals surface area contributed by atoms with Crippen LogP contribution in [0, 0.1) is 0 Å². The minimum absolute atomic E-state index is 0.508. The summed E-state index contributed by atoms with van der Waals surface area (Å²) in [6, 6.07) is 3.40. The molecule has 1 fully saturated rings. The summed E-state index contributed by atoms with van der Waals surface area (Å²) in [6.07, 6.45) is 5.78. The van der Waals surface area contributed by atoms with Crippen molar-refractivity contribution in [1.82, 2.24) is 20.0 Å². The minimum Gasteiger partial charge on any atom is -0.314 e. The number of likely N-dealkylation sites (tertiary alicyclic amines) is 1. The molecule has 1 saturated heterocycles. The summed E-state index contributed by atoms with van der Waals surface area (Å²) in [4.78, 5) is 2.52. The molecule has 0 bridgehead atoms. The second-order valence-electron chi connectivity index (χ2n) is 5.65. The normalized spacial score (nSPS) is 19.7. The van der Waals surface area contributed by atoms with Crippen LogP contribution in [0.25, 0.3) is 0 Å². The number of rotatable bonds is 6. The summed E-state index contributed by atoms with van der Waals surface area (Å²) < 4.78 is 2.10. The fourth-order valence-corrected chi connectivity index (χ4v) is 2.71. The van der Waals surface area contributed by atoms with E-state index in [0.29, 0.717) is 6.04 Å². The second kappa shape index (κ2) is 7.06. The fourth-order valence-electron chi connectivity index (χ4n) is 2.71. The first-order chi connectivity index (χ1) is 9.22. The van der Waals surface area contributed by atoms with Crippen LogP contribution >= 0.6 is 0 Å². The van der Waals surface area contributed by atoms with Gasteiger partial charge in [-0.25, -0.2) is 0 Å². The van der Waals surface area contributed by atoms with Crippen LogP contribution < -0.4 is 5.32 Å². The number of aromatic nitrogens is 2. The topological polar surface area (TPSA) is 33.1 Å². The van der Waals surface area contributed by atoms with Gasteiger partial charge in [0.2, 0.25) is 0 Å². The van der Waals surface area contributed by atoms with Crippen molar-refractivity contribution < 1.29 is 0 Å². The molecule has 1 aromatic heterocycles. The minimum atomic E-state index is 0.508. The third-order valence-corrected chi connectivity index (χ3v) is 4.17. The quantitative estimate of drug-likeness (QED) is 0.856. The zero-order valence-electron chi connectivity index (χ0n) is 12.6. The van der Waals surface area contributed by atoms with Gasteiger partial charge in [0, 0.05) is 37.9 Å². The Hall–Kier alpha value is -0.870. The molecular formula is C15H28N4. The maximum atomic E-state index is 4.69. The first kappa shape index (κ1) is 14.5. The second-order valence-corrected chi connectivity index (χ2v) is 5.65. The molecule has 2 heterocycles. The predicted molar refractivity (Wildman–Crippen MR) is 79.2 cm³/mol. The lowest BCUT2D eigenvalue weighted by molar-refractivity contribution is 0.189.